The normalized spacial score (nSPS) is 26.4. The Hall–Kier alpha value is -3.27. The summed E-state index contributed by atoms with van der Waals surface area (Å²) in [6, 6.07) is 1.30. The maximum Gasteiger partial charge on any atom is 0.276 e. The molecule has 1 saturated heterocycles. The summed E-state index contributed by atoms with van der Waals surface area (Å²) in [5.74, 6) is -4.58. The van der Waals surface area contributed by atoms with Gasteiger partial charge < -0.3 is 24.6 Å². The maximum atomic E-state index is 13.8. The minimum absolute atomic E-state index is 0.0247. The third kappa shape index (κ3) is 3.32. The molecular weight excluding hydrogens is 400 g/mol. The smallest absolute Gasteiger partial charge is 0.276 e. The molecule has 0 spiro atoms. The van der Waals surface area contributed by atoms with Crippen LogP contribution in [0.2, 0.25) is 0 Å². The molecule has 2 N–H and O–H groups in total. The number of aromatic hydroxyl groups is 1. The highest BCUT2D eigenvalue weighted by Crippen LogP contribution is 2.29. The van der Waals surface area contributed by atoms with Gasteiger partial charge in [-0.05, 0) is 19.4 Å². The van der Waals surface area contributed by atoms with Crippen LogP contribution in [0.15, 0.2) is 29.2 Å². The molecule has 2 atom stereocenters. The average molecular weight is 421 g/mol. The van der Waals surface area contributed by atoms with Crippen LogP contribution in [-0.4, -0.2) is 45.2 Å². The second kappa shape index (κ2) is 7.52. The van der Waals surface area contributed by atoms with Gasteiger partial charge in [-0.3, -0.25) is 14.4 Å². The number of ether oxygens (including phenoxy) is 1. The molecule has 8 nitrogen and oxygen atoms in total. The number of carbonyl (C=O) groups excluding carboxylic acids is 2. The predicted octanol–water partition coefficient (Wildman–Crippen LogP) is 1.35. The zero-order valence-corrected chi connectivity index (χ0v) is 15.9. The fourth-order valence-electron chi connectivity index (χ4n) is 3.46. The number of carbonyl (C=O) groups is 2. The number of benzene rings is 1. The highest BCUT2D eigenvalue weighted by Gasteiger charge is 2.41. The van der Waals surface area contributed by atoms with Gasteiger partial charge in [0.1, 0.15) is 17.2 Å². The van der Waals surface area contributed by atoms with Crippen molar-refractivity contribution in [3.8, 4) is 5.75 Å². The molecule has 1 aromatic carbocycles. The summed E-state index contributed by atoms with van der Waals surface area (Å²) in [6.45, 7) is 0.759. The molecule has 4 rings (SSSR count). The van der Waals surface area contributed by atoms with Gasteiger partial charge in [0.25, 0.3) is 11.8 Å². The lowest BCUT2D eigenvalue weighted by molar-refractivity contribution is -0.112. The maximum absolute atomic E-state index is 13.8. The van der Waals surface area contributed by atoms with Crippen LogP contribution in [-0.2, 0) is 17.8 Å². The molecule has 158 valence electrons. The second-order valence-corrected chi connectivity index (χ2v) is 6.98. The fraction of sp³-hybridized carbons (Fsp3) is 0.350. The van der Waals surface area contributed by atoms with Gasteiger partial charge in [-0.25, -0.2) is 8.78 Å². The van der Waals surface area contributed by atoms with Crippen molar-refractivity contribution >= 4 is 11.8 Å². The van der Waals surface area contributed by atoms with E-state index in [0.717, 1.165) is 27.8 Å². The summed E-state index contributed by atoms with van der Waals surface area (Å²) in [4.78, 5) is 39.0. The largest absolute Gasteiger partial charge is 0.503 e. The van der Waals surface area contributed by atoms with E-state index < -0.39 is 58.1 Å². The van der Waals surface area contributed by atoms with Crippen molar-refractivity contribution in [3.05, 3.63) is 63.1 Å². The molecule has 2 aromatic rings. The summed E-state index contributed by atoms with van der Waals surface area (Å²) in [7, 11) is 0. The molecule has 30 heavy (non-hydrogen) atoms. The SMILES string of the molecule is [2H][C@@]1(C)CCO[C@@]2([2H])Cn3cc(C(=O)NCc4ccc(F)cc4F)c(=O)c(O)c3C(=O)N12. The van der Waals surface area contributed by atoms with Crippen molar-refractivity contribution in [1.82, 2.24) is 14.8 Å². The first-order valence-electron chi connectivity index (χ1n) is 10.1. The lowest BCUT2D eigenvalue weighted by atomic mass is 10.1. The number of nitrogens with one attached hydrogen (secondary N) is 1. The number of nitrogens with zero attached hydrogens (tertiary/aromatic N) is 2. The highest BCUT2D eigenvalue weighted by molar-refractivity contribution is 5.99. The third-order valence-electron chi connectivity index (χ3n) is 5.03. The van der Waals surface area contributed by atoms with E-state index in [2.05, 4.69) is 5.32 Å². The first-order chi connectivity index (χ1) is 14.9. The van der Waals surface area contributed by atoms with Gasteiger partial charge >= 0.3 is 0 Å². The van der Waals surface area contributed by atoms with Crippen LogP contribution in [0.3, 0.4) is 0 Å². The second-order valence-electron chi connectivity index (χ2n) is 6.98. The van der Waals surface area contributed by atoms with Crippen molar-refractivity contribution in [2.24, 2.45) is 0 Å². The molecule has 1 aromatic heterocycles. The number of fused-ring (bicyclic) bond motifs is 2. The van der Waals surface area contributed by atoms with Gasteiger partial charge in [-0.15, -0.1) is 0 Å². The van der Waals surface area contributed by atoms with Crippen molar-refractivity contribution in [2.75, 3.05) is 6.61 Å². The zero-order valence-electron chi connectivity index (χ0n) is 17.9. The quantitative estimate of drug-likeness (QED) is 0.779. The Balaban J connectivity index is 1.68. The van der Waals surface area contributed by atoms with E-state index in [1.54, 1.807) is 0 Å². The zero-order chi connectivity index (χ0) is 23.4. The molecule has 0 aliphatic carbocycles. The van der Waals surface area contributed by atoms with Gasteiger partial charge in [0.2, 0.25) is 5.43 Å². The van der Waals surface area contributed by atoms with Crippen molar-refractivity contribution < 1.29 is 31.0 Å². The number of aromatic nitrogens is 1. The van der Waals surface area contributed by atoms with Gasteiger partial charge in [0, 0.05) is 30.4 Å². The number of rotatable bonds is 3. The molecule has 2 amide bonds. The number of halogens is 2. The van der Waals surface area contributed by atoms with Gasteiger partial charge in [-0.1, -0.05) is 6.07 Å². The molecular formula is C20H19F2N3O5. The number of hydrogen-bond donors (Lipinski definition) is 2. The van der Waals surface area contributed by atoms with Crippen molar-refractivity contribution in [2.45, 2.75) is 38.7 Å². The van der Waals surface area contributed by atoms with Gasteiger partial charge in [0.05, 0.1) is 15.9 Å². The monoisotopic (exact) mass is 421 g/mol. The minimum atomic E-state index is -1.97. The van der Waals surface area contributed by atoms with E-state index in [4.69, 9.17) is 7.48 Å². The Morgan fingerprint density at radius 2 is 2.17 bits per heavy atom. The van der Waals surface area contributed by atoms with Crippen LogP contribution < -0.4 is 10.7 Å². The highest BCUT2D eigenvalue weighted by atomic mass is 19.1. The number of pyridine rings is 1. The van der Waals surface area contributed by atoms with E-state index >= 15 is 0 Å². The van der Waals surface area contributed by atoms with E-state index in [9.17, 15) is 28.3 Å². The van der Waals surface area contributed by atoms with Crippen LogP contribution in [0.1, 0.15) is 42.5 Å². The fourth-order valence-corrected chi connectivity index (χ4v) is 3.46. The molecule has 2 aliphatic heterocycles. The summed E-state index contributed by atoms with van der Waals surface area (Å²) >= 11 is 0. The Morgan fingerprint density at radius 1 is 1.40 bits per heavy atom. The summed E-state index contributed by atoms with van der Waals surface area (Å²) in [5.41, 5.74) is -2.15. The third-order valence-corrected chi connectivity index (χ3v) is 5.03. The minimum Gasteiger partial charge on any atom is -0.503 e. The van der Waals surface area contributed by atoms with Crippen LogP contribution >= 0.6 is 0 Å². The van der Waals surface area contributed by atoms with E-state index in [1.165, 1.54) is 6.92 Å². The summed E-state index contributed by atoms with van der Waals surface area (Å²) in [6.07, 6.45) is -0.825. The molecule has 1 fully saturated rings. The van der Waals surface area contributed by atoms with Crippen LogP contribution in [0, 0.1) is 11.6 Å². The van der Waals surface area contributed by atoms with Gasteiger partial charge in [0.15, 0.2) is 17.6 Å². The Morgan fingerprint density at radius 3 is 2.90 bits per heavy atom. The van der Waals surface area contributed by atoms with Gasteiger partial charge in [-0.2, -0.15) is 0 Å². The molecule has 0 unspecified atom stereocenters. The standard InChI is InChI=1S/C20H19F2N3O5/c1-10-4-5-30-15-9-24-8-13(17(26)18(27)16(24)20(29)25(10)15)19(28)23-7-11-2-3-12(21)6-14(11)22/h2-3,6,8,10,15,27H,4-5,7,9H2,1H3,(H,23,28)/t10-,15+/m1/s1/i10D,15D. The first kappa shape index (κ1) is 17.6. The van der Waals surface area contributed by atoms with Crippen molar-refractivity contribution in [1.29, 1.82) is 0 Å². The number of hydrogen-bond acceptors (Lipinski definition) is 5. The van der Waals surface area contributed by atoms with E-state index in [0.29, 0.717) is 6.07 Å². The van der Waals surface area contributed by atoms with Crippen LogP contribution in [0.5, 0.6) is 5.75 Å². The van der Waals surface area contributed by atoms with Crippen LogP contribution in [0.4, 0.5) is 8.78 Å². The van der Waals surface area contributed by atoms with Crippen LogP contribution in [0.25, 0.3) is 0 Å². The summed E-state index contributed by atoms with van der Waals surface area (Å²) in [5, 5.41) is 12.7. The molecule has 2 aliphatic rings. The van der Waals surface area contributed by atoms with E-state index in [1.807, 2.05) is 0 Å². The average Bonchev–Trinajstić information content (AvgIpc) is 2.68. The lowest BCUT2D eigenvalue weighted by Gasteiger charge is -2.44. The lowest BCUT2D eigenvalue weighted by Crippen LogP contribution is -2.57. The molecule has 0 saturated carbocycles. The summed E-state index contributed by atoms with van der Waals surface area (Å²) < 4.78 is 50.2. The van der Waals surface area contributed by atoms with Crippen molar-refractivity contribution in [3.63, 3.8) is 0 Å². The number of amides is 2. The Bertz CT molecular complexity index is 1200. The van der Waals surface area contributed by atoms with E-state index in [-0.39, 0.29) is 31.7 Å². The Labute approximate surface area is 172 Å². The molecule has 3 heterocycles. The Kier molecular flexibility index (Phi) is 4.41. The molecule has 0 bridgehead atoms. The predicted molar refractivity (Wildman–Crippen MR) is 99.9 cm³/mol. The first-order valence-corrected chi connectivity index (χ1v) is 9.12. The molecule has 10 heteroatoms. The topological polar surface area (TPSA) is 101 Å². The molecule has 0 radical (unpaired) electrons.